The van der Waals surface area contributed by atoms with Crippen molar-refractivity contribution in [3.63, 3.8) is 0 Å². The first-order valence-electron chi connectivity index (χ1n) is 11.8. The van der Waals surface area contributed by atoms with Gasteiger partial charge in [0.25, 0.3) is 0 Å². The molecule has 3 rings (SSSR count). The summed E-state index contributed by atoms with van der Waals surface area (Å²) in [6, 6.07) is 16.4. The molecule has 0 radical (unpaired) electrons. The third kappa shape index (κ3) is 8.28. The zero-order valence-corrected chi connectivity index (χ0v) is 21.8. The van der Waals surface area contributed by atoms with Crippen LogP contribution in [0.1, 0.15) is 48.4 Å². The van der Waals surface area contributed by atoms with E-state index in [0.29, 0.717) is 34.6 Å². The number of ether oxygens (including phenoxy) is 2. The van der Waals surface area contributed by atoms with Crippen LogP contribution in [0.5, 0.6) is 11.6 Å². The lowest BCUT2D eigenvalue weighted by Gasteiger charge is -2.34. The van der Waals surface area contributed by atoms with Crippen molar-refractivity contribution in [2.24, 2.45) is 0 Å². The number of halogens is 1. The van der Waals surface area contributed by atoms with Crippen LogP contribution in [0, 0.1) is 0 Å². The zero-order chi connectivity index (χ0) is 27.0. The van der Waals surface area contributed by atoms with Gasteiger partial charge in [-0.05, 0) is 74.7 Å². The SMILES string of the molecule is CC(C)(C)OC(=O)N(C[C@H](O)c1cccc(Cl)c1)[C@H](CO)Cc1ccc(Oc2ncccc2C=O)cc1. The van der Waals surface area contributed by atoms with E-state index >= 15 is 0 Å². The van der Waals surface area contributed by atoms with Crippen LogP contribution in [0.2, 0.25) is 5.02 Å². The Balaban J connectivity index is 1.78. The van der Waals surface area contributed by atoms with Crippen LogP contribution in [0.25, 0.3) is 0 Å². The Morgan fingerprint density at radius 3 is 2.49 bits per heavy atom. The highest BCUT2D eigenvalue weighted by atomic mass is 35.5. The van der Waals surface area contributed by atoms with Gasteiger partial charge in [-0.2, -0.15) is 0 Å². The molecule has 3 aromatic rings. The number of nitrogens with zero attached hydrogens (tertiary/aromatic N) is 2. The molecule has 2 atom stereocenters. The number of aldehydes is 1. The number of carbonyl (C=O) groups excluding carboxylic acids is 2. The Morgan fingerprint density at radius 1 is 1.14 bits per heavy atom. The van der Waals surface area contributed by atoms with Gasteiger partial charge in [0, 0.05) is 11.2 Å². The summed E-state index contributed by atoms with van der Waals surface area (Å²) in [6.45, 7) is 4.80. The van der Waals surface area contributed by atoms with Gasteiger partial charge < -0.3 is 19.7 Å². The molecule has 9 heteroatoms. The molecule has 0 spiro atoms. The van der Waals surface area contributed by atoms with E-state index in [-0.39, 0.29) is 19.0 Å². The number of carbonyl (C=O) groups is 2. The van der Waals surface area contributed by atoms with E-state index in [2.05, 4.69) is 4.98 Å². The van der Waals surface area contributed by atoms with Gasteiger partial charge in [-0.25, -0.2) is 9.78 Å². The number of pyridine rings is 1. The number of benzene rings is 2. The maximum Gasteiger partial charge on any atom is 0.410 e. The van der Waals surface area contributed by atoms with Gasteiger partial charge in [-0.15, -0.1) is 0 Å². The Kier molecular flexibility index (Phi) is 9.63. The fourth-order valence-electron chi connectivity index (χ4n) is 3.63. The minimum Gasteiger partial charge on any atom is -0.444 e. The van der Waals surface area contributed by atoms with Crippen molar-refractivity contribution in [1.29, 1.82) is 0 Å². The average Bonchev–Trinajstić information content (AvgIpc) is 2.86. The van der Waals surface area contributed by atoms with Crippen molar-refractivity contribution >= 4 is 24.0 Å². The Bertz CT molecular complexity index is 1200. The Labute approximate surface area is 221 Å². The summed E-state index contributed by atoms with van der Waals surface area (Å²) in [7, 11) is 0. The van der Waals surface area contributed by atoms with Crippen LogP contribution >= 0.6 is 11.6 Å². The number of rotatable bonds is 10. The molecule has 196 valence electrons. The average molecular weight is 527 g/mol. The van der Waals surface area contributed by atoms with E-state index in [1.165, 1.54) is 11.1 Å². The number of aromatic nitrogens is 1. The second-order valence-electron chi connectivity index (χ2n) is 9.51. The first-order chi connectivity index (χ1) is 17.6. The van der Waals surface area contributed by atoms with E-state index in [1.54, 1.807) is 81.4 Å². The molecule has 2 aromatic carbocycles. The van der Waals surface area contributed by atoms with Gasteiger partial charge in [-0.3, -0.25) is 9.69 Å². The largest absolute Gasteiger partial charge is 0.444 e. The molecule has 37 heavy (non-hydrogen) atoms. The summed E-state index contributed by atoms with van der Waals surface area (Å²) < 4.78 is 11.3. The molecule has 8 nitrogen and oxygen atoms in total. The first-order valence-corrected chi connectivity index (χ1v) is 12.2. The molecular weight excluding hydrogens is 496 g/mol. The van der Waals surface area contributed by atoms with Gasteiger partial charge in [0.1, 0.15) is 11.4 Å². The maximum atomic E-state index is 13.1. The Morgan fingerprint density at radius 2 is 1.86 bits per heavy atom. The van der Waals surface area contributed by atoms with Gasteiger partial charge in [0.15, 0.2) is 6.29 Å². The van der Waals surface area contributed by atoms with Crippen molar-refractivity contribution in [2.45, 2.75) is 44.9 Å². The van der Waals surface area contributed by atoms with Gasteiger partial charge >= 0.3 is 6.09 Å². The topological polar surface area (TPSA) is 109 Å². The fraction of sp³-hybridized carbons (Fsp3) is 0.321. The van der Waals surface area contributed by atoms with E-state index in [4.69, 9.17) is 21.1 Å². The summed E-state index contributed by atoms with van der Waals surface area (Å²) in [5.74, 6) is 0.677. The van der Waals surface area contributed by atoms with Gasteiger partial charge in [0.2, 0.25) is 5.88 Å². The predicted octanol–water partition coefficient (Wildman–Crippen LogP) is 5.21. The smallest absolute Gasteiger partial charge is 0.410 e. The molecule has 0 bridgehead atoms. The second-order valence-corrected chi connectivity index (χ2v) is 9.94. The summed E-state index contributed by atoms with van der Waals surface area (Å²) in [4.78, 5) is 29.7. The van der Waals surface area contributed by atoms with Crippen molar-refractivity contribution in [1.82, 2.24) is 9.88 Å². The van der Waals surface area contributed by atoms with E-state index in [9.17, 15) is 19.8 Å². The summed E-state index contributed by atoms with van der Waals surface area (Å²) in [5, 5.41) is 21.5. The van der Waals surface area contributed by atoms with E-state index in [0.717, 1.165) is 5.56 Å². The second kappa shape index (κ2) is 12.7. The van der Waals surface area contributed by atoms with Crippen LogP contribution < -0.4 is 4.74 Å². The predicted molar refractivity (Wildman–Crippen MR) is 140 cm³/mol. The molecule has 0 aliphatic carbocycles. The van der Waals surface area contributed by atoms with Gasteiger partial charge in [0.05, 0.1) is 30.9 Å². The standard InChI is InChI=1S/C28H31ClN2O6/c1-28(2,3)37-27(35)31(16-25(34)20-6-4-8-22(29)15-20)23(18-33)14-19-9-11-24(12-10-19)36-26-21(17-32)7-5-13-30-26/h4-13,15,17,23,25,33-34H,14,16,18H2,1-3H3/t23-,25-/m0/s1. The van der Waals surface area contributed by atoms with Crippen LogP contribution in [-0.2, 0) is 11.2 Å². The molecule has 0 unspecified atom stereocenters. The lowest BCUT2D eigenvalue weighted by atomic mass is 10.0. The first kappa shape index (κ1) is 28.1. The minimum atomic E-state index is -1.04. The van der Waals surface area contributed by atoms with E-state index in [1.807, 2.05) is 0 Å². The molecular formula is C28H31ClN2O6. The maximum absolute atomic E-state index is 13.1. The monoisotopic (exact) mass is 526 g/mol. The van der Waals surface area contributed by atoms with E-state index < -0.39 is 23.8 Å². The van der Waals surface area contributed by atoms with Crippen molar-refractivity contribution in [3.8, 4) is 11.6 Å². The summed E-state index contributed by atoms with van der Waals surface area (Å²) in [6.07, 6.45) is 0.809. The van der Waals surface area contributed by atoms with Gasteiger partial charge in [-0.1, -0.05) is 35.9 Å². The quantitative estimate of drug-likeness (QED) is 0.349. The molecule has 0 aliphatic rings. The molecule has 0 aliphatic heterocycles. The third-order valence-corrected chi connectivity index (χ3v) is 5.65. The summed E-state index contributed by atoms with van der Waals surface area (Å²) >= 11 is 6.07. The molecule has 2 N–H and O–H groups in total. The molecule has 1 aromatic heterocycles. The van der Waals surface area contributed by atoms with Crippen LogP contribution in [-0.4, -0.2) is 57.3 Å². The molecule has 0 fully saturated rings. The number of hydrogen-bond acceptors (Lipinski definition) is 7. The molecule has 1 heterocycles. The highest BCUT2D eigenvalue weighted by Gasteiger charge is 2.30. The van der Waals surface area contributed by atoms with Crippen LogP contribution in [0.4, 0.5) is 4.79 Å². The molecule has 0 saturated heterocycles. The van der Waals surface area contributed by atoms with Crippen molar-refractivity contribution in [3.05, 3.63) is 88.6 Å². The Hall–Kier alpha value is -3.46. The highest BCUT2D eigenvalue weighted by Crippen LogP contribution is 2.25. The number of aliphatic hydroxyl groups is 2. The van der Waals surface area contributed by atoms with Crippen LogP contribution in [0.15, 0.2) is 66.9 Å². The lowest BCUT2D eigenvalue weighted by molar-refractivity contribution is -0.00373. The lowest BCUT2D eigenvalue weighted by Crippen LogP contribution is -2.48. The number of aliphatic hydroxyl groups excluding tert-OH is 2. The summed E-state index contributed by atoms with van der Waals surface area (Å²) in [5.41, 5.74) is 0.928. The molecule has 1 amide bonds. The van der Waals surface area contributed by atoms with Crippen molar-refractivity contribution < 1.29 is 29.3 Å². The minimum absolute atomic E-state index is 0.101. The number of amides is 1. The highest BCUT2D eigenvalue weighted by molar-refractivity contribution is 6.30. The molecule has 0 saturated carbocycles. The fourth-order valence-corrected chi connectivity index (χ4v) is 3.83. The third-order valence-electron chi connectivity index (χ3n) is 5.42. The normalized spacial score (nSPS) is 12.9. The zero-order valence-electron chi connectivity index (χ0n) is 21.0. The van der Waals surface area contributed by atoms with Crippen LogP contribution in [0.3, 0.4) is 0 Å². The number of hydrogen-bond donors (Lipinski definition) is 2. The van der Waals surface area contributed by atoms with Crippen molar-refractivity contribution in [2.75, 3.05) is 13.2 Å².